The molecule has 4 N–H and O–H groups in total. The number of esters is 2. The maximum atomic E-state index is 14.5. The second-order valence-electron chi connectivity index (χ2n) is 31.2. The average molecular weight is 1620 g/mol. The van der Waals surface area contributed by atoms with Gasteiger partial charge in [-0.1, -0.05) is 374 Å². The lowest BCUT2D eigenvalue weighted by Crippen LogP contribution is -2.47. The van der Waals surface area contributed by atoms with E-state index in [4.69, 9.17) is 36.6 Å². The second kappa shape index (κ2) is 82.4. The third kappa shape index (κ3) is 71.6. The Morgan fingerprint density at radius 3 is 0.812 bits per heavy atom. The van der Waals surface area contributed by atoms with Crippen LogP contribution in [-0.2, 0) is 64.9 Å². The summed E-state index contributed by atoms with van der Waals surface area (Å²) in [5, 5.41) is 11.5. The largest absolute Gasteiger partial charge is 0.475 e. The van der Waals surface area contributed by atoms with E-state index in [1.807, 2.05) is 24.3 Å². The quantitative estimate of drug-likeness (QED) is 0.0192. The van der Waals surface area contributed by atoms with Crippen LogP contribution in [0.2, 0.25) is 0 Å². The molecule has 112 heavy (non-hydrogen) atoms. The molecule has 2 unspecified atom stereocenters. The molecule has 0 bridgehead atoms. The van der Waals surface area contributed by atoms with Gasteiger partial charge in [0.05, 0.1) is 51.7 Å². The number of unbranched alkanes of at least 4 members (excludes halogenated alkanes) is 50. The Morgan fingerprint density at radius 1 is 0.312 bits per heavy atom. The van der Waals surface area contributed by atoms with Crippen molar-refractivity contribution >= 4 is 45.4 Å². The number of hydrogen-bond donors (Lipinski definition) is 4. The van der Waals surface area contributed by atoms with Gasteiger partial charge in [0.15, 0.2) is 0 Å². The molecule has 0 fully saturated rings. The first kappa shape index (κ1) is 108. The molecule has 4 amide bonds. The van der Waals surface area contributed by atoms with E-state index in [2.05, 4.69) is 76.0 Å². The highest BCUT2D eigenvalue weighted by molar-refractivity contribution is 7.48. The second-order valence-corrected chi connectivity index (χ2v) is 34.5. The predicted molar refractivity (Wildman–Crippen MR) is 466 cm³/mol. The lowest BCUT2D eigenvalue weighted by molar-refractivity contribution is -0.150. The molecule has 0 aromatic heterocycles. The van der Waals surface area contributed by atoms with Gasteiger partial charge in [0.2, 0.25) is 11.8 Å². The number of phosphoric acid groups is 2. The van der Waals surface area contributed by atoms with Gasteiger partial charge in [-0.15, -0.1) is 13.2 Å². The molecule has 0 aliphatic heterocycles. The fourth-order valence-electron chi connectivity index (χ4n) is 13.4. The molecule has 0 saturated heterocycles. The molecule has 19 nitrogen and oxygen atoms in total. The Hall–Kier alpha value is -3.67. The third-order valence-electron chi connectivity index (χ3n) is 20.4. The smallest absolute Gasteiger partial charge is 0.456 e. The minimum atomic E-state index is -4.43. The highest BCUT2D eigenvalue weighted by Crippen LogP contribution is 2.50. The van der Waals surface area contributed by atoms with Crippen molar-refractivity contribution in [3.8, 4) is 0 Å². The van der Waals surface area contributed by atoms with Gasteiger partial charge in [0.25, 0.3) is 0 Å². The number of allylic oxidation sites excluding steroid dienone is 2. The molecule has 0 rings (SSSR count). The summed E-state index contributed by atoms with van der Waals surface area (Å²) in [6.45, 7) is 18.6. The van der Waals surface area contributed by atoms with E-state index in [0.29, 0.717) is 25.7 Å². The summed E-state index contributed by atoms with van der Waals surface area (Å²) in [6, 6.07) is -2.58. The Morgan fingerprint density at radius 2 is 0.554 bits per heavy atom. The highest BCUT2D eigenvalue weighted by Gasteiger charge is 2.34. The molecular weight excluding hydrogens is 1450 g/mol. The maximum Gasteiger partial charge on any atom is 0.475 e. The number of carbonyl (C=O) groups excluding carboxylic acids is 5. The number of rotatable bonds is 88. The van der Waals surface area contributed by atoms with Gasteiger partial charge in [-0.25, -0.2) is 13.9 Å². The first-order valence-electron chi connectivity index (χ1n) is 46.3. The maximum absolute atomic E-state index is 14.5. The van der Waals surface area contributed by atoms with E-state index in [9.17, 15) is 33.1 Å². The molecule has 0 saturated carbocycles. The Kier molecular flexibility index (Phi) is 79.7. The van der Waals surface area contributed by atoms with E-state index in [1.54, 1.807) is 0 Å². The standard InChI is InChI=1S/C91H172N4O15P2/c1-9-17-23-29-35-41-43-49-53-59-65-71-87(96)94-83(85(69-63-57-51-45-37-31-25-19-11-3)109-89(98)73-67-61-55-47-39-33-27-21-13-5)81-107-111(101,103-77-15-7)105-79-75-92-91(100)93-76-80-106-112(102,104-78-16-8)108-82-84(95-88(97)72-66-60-54-50-44-42-36-30-24-18-10-2)86(70-64-58-52-46-38-32-26-20-12-4)110-90(99)74-68-62-56-48-40-34-28-22-14-6/h15-16,63-64,69-70,83-86H,7-14,17-62,65-68,71-82H2,1-6H3,(H,94,96)(H,95,97)(H2,92,93,100)/b69-63+,70-64+/t83-,84-,85+,86+,111?,112?/m0/s1. The summed E-state index contributed by atoms with van der Waals surface area (Å²) in [4.78, 5) is 68.6. The summed E-state index contributed by atoms with van der Waals surface area (Å²) in [5.74, 6) is -1.27. The van der Waals surface area contributed by atoms with Crippen molar-refractivity contribution in [1.29, 1.82) is 0 Å². The van der Waals surface area contributed by atoms with E-state index < -0.39 is 71.1 Å². The monoisotopic (exact) mass is 1620 g/mol. The molecule has 21 heteroatoms. The number of ether oxygens (including phenoxy) is 2. The molecule has 0 spiro atoms. The van der Waals surface area contributed by atoms with Crippen molar-refractivity contribution in [3.63, 3.8) is 0 Å². The average Bonchev–Trinajstić information content (AvgIpc) is 0.869. The van der Waals surface area contributed by atoms with Gasteiger partial charge < -0.3 is 30.7 Å². The van der Waals surface area contributed by atoms with Crippen LogP contribution in [0.3, 0.4) is 0 Å². The fourth-order valence-corrected chi connectivity index (χ4v) is 15.8. The Balaban J connectivity index is 6.52. The van der Waals surface area contributed by atoms with Gasteiger partial charge in [-0.2, -0.15) is 0 Å². The third-order valence-corrected chi connectivity index (χ3v) is 23.3. The summed E-state index contributed by atoms with van der Waals surface area (Å²) < 4.78 is 76.5. The van der Waals surface area contributed by atoms with Crippen LogP contribution >= 0.6 is 15.6 Å². The van der Waals surface area contributed by atoms with Crippen LogP contribution in [0.15, 0.2) is 49.6 Å². The van der Waals surface area contributed by atoms with Crippen molar-refractivity contribution in [2.75, 3.05) is 52.7 Å². The van der Waals surface area contributed by atoms with Gasteiger partial charge in [0.1, 0.15) is 12.2 Å². The number of amides is 4. The zero-order valence-electron chi connectivity index (χ0n) is 72.8. The van der Waals surface area contributed by atoms with Crippen LogP contribution in [0, 0.1) is 0 Å². The molecule has 0 radical (unpaired) electrons. The van der Waals surface area contributed by atoms with Crippen molar-refractivity contribution < 1.29 is 69.7 Å². The van der Waals surface area contributed by atoms with E-state index in [1.165, 1.54) is 218 Å². The highest BCUT2D eigenvalue weighted by atomic mass is 31.2. The normalized spacial score (nSPS) is 13.8. The summed E-state index contributed by atoms with van der Waals surface area (Å²) >= 11 is 0. The van der Waals surface area contributed by atoms with E-state index in [0.717, 1.165) is 128 Å². The van der Waals surface area contributed by atoms with Gasteiger partial charge in [-0.05, 0) is 63.5 Å². The van der Waals surface area contributed by atoms with Crippen molar-refractivity contribution in [1.82, 2.24) is 21.3 Å². The summed E-state index contributed by atoms with van der Waals surface area (Å²) in [6.07, 6.45) is 71.8. The molecule has 0 aromatic rings. The van der Waals surface area contributed by atoms with Gasteiger partial charge in [-0.3, -0.25) is 46.3 Å². The zero-order chi connectivity index (χ0) is 82.0. The molecular formula is C91H172N4O15P2. The molecule has 6 atom stereocenters. The number of hydrogen-bond acceptors (Lipinski definition) is 15. The van der Waals surface area contributed by atoms with Crippen LogP contribution in [-0.4, -0.2) is 107 Å². The lowest BCUT2D eigenvalue weighted by Gasteiger charge is -2.27. The predicted octanol–water partition coefficient (Wildman–Crippen LogP) is 26.4. The van der Waals surface area contributed by atoms with Crippen LogP contribution in [0.4, 0.5) is 4.79 Å². The van der Waals surface area contributed by atoms with E-state index >= 15 is 0 Å². The number of phosphoric ester groups is 2. The minimum absolute atomic E-state index is 0.161. The first-order chi connectivity index (χ1) is 54.7. The SMILES string of the molecule is C=CCOP(=O)(OCCNC(=O)NCCOP(=O)(OCC=C)OC[C@H](NC(=O)CCCCCCCCCCCCC)[C@@H](/C=C/CCCCCCCCC)OC(=O)CCCCCCCCCCC)OC[C@H](NC(=O)CCCCCCCCCCCCC)[C@@H](/C=C/CCCCCCCCC)OC(=O)CCCCCCCCCCC. The Bertz CT molecular complexity index is 2210. The minimum Gasteiger partial charge on any atom is -0.456 e. The van der Waals surface area contributed by atoms with Crippen LogP contribution in [0.25, 0.3) is 0 Å². The molecule has 656 valence electrons. The van der Waals surface area contributed by atoms with Gasteiger partial charge in [0, 0.05) is 38.8 Å². The fraction of sp³-hybridized carbons (Fsp3) is 0.857. The molecule has 0 aliphatic rings. The van der Waals surface area contributed by atoms with E-state index in [-0.39, 0.29) is 77.0 Å². The number of urea groups is 1. The van der Waals surface area contributed by atoms with Crippen molar-refractivity contribution in [2.24, 2.45) is 0 Å². The summed E-state index contributed by atoms with van der Waals surface area (Å²) in [7, 11) is -8.87. The number of nitrogens with one attached hydrogen (secondary N) is 4. The molecule has 0 heterocycles. The summed E-state index contributed by atoms with van der Waals surface area (Å²) in [5.41, 5.74) is 0. The van der Waals surface area contributed by atoms with Gasteiger partial charge >= 0.3 is 33.6 Å². The lowest BCUT2D eigenvalue weighted by atomic mass is 10.0. The Labute approximate surface area is 686 Å². The van der Waals surface area contributed by atoms with Crippen molar-refractivity contribution in [2.45, 2.75) is 451 Å². The molecule has 0 aromatic carbocycles. The van der Waals surface area contributed by atoms with Crippen molar-refractivity contribution in [3.05, 3.63) is 49.6 Å². The topological polar surface area (TPSA) is 241 Å². The van der Waals surface area contributed by atoms with Crippen LogP contribution in [0.5, 0.6) is 0 Å². The molecule has 0 aliphatic carbocycles. The van der Waals surface area contributed by atoms with Crippen LogP contribution < -0.4 is 21.3 Å². The zero-order valence-corrected chi connectivity index (χ0v) is 74.6. The first-order valence-corrected chi connectivity index (χ1v) is 49.2. The number of carbonyl (C=O) groups is 5. The van der Waals surface area contributed by atoms with Crippen LogP contribution in [0.1, 0.15) is 427 Å².